The van der Waals surface area contributed by atoms with Crippen LogP contribution in [0.3, 0.4) is 0 Å². The summed E-state index contributed by atoms with van der Waals surface area (Å²) in [7, 11) is 1.90. The van der Waals surface area contributed by atoms with Crippen molar-refractivity contribution in [3.05, 3.63) is 53.0 Å². The molecule has 0 radical (unpaired) electrons. The molecule has 2 N–H and O–H groups in total. The summed E-state index contributed by atoms with van der Waals surface area (Å²) in [6.07, 6.45) is 0.289. The fraction of sp³-hybridized carbons (Fsp3) is 0.429. The second kappa shape index (κ2) is 8.34. The summed E-state index contributed by atoms with van der Waals surface area (Å²) < 4.78 is 24.3. The van der Waals surface area contributed by atoms with E-state index >= 15 is 0 Å². The third-order valence-corrected chi connectivity index (χ3v) is 5.25. The van der Waals surface area contributed by atoms with Crippen LogP contribution in [0.4, 0.5) is 10.2 Å². The average Bonchev–Trinajstić information content (AvgIpc) is 2.72. The van der Waals surface area contributed by atoms with E-state index in [-0.39, 0.29) is 30.1 Å². The van der Waals surface area contributed by atoms with Gasteiger partial charge in [-0.3, -0.25) is 4.79 Å². The lowest BCUT2D eigenvalue weighted by molar-refractivity contribution is -0.0261. The van der Waals surface area contributed by atoms with Gasteiger partial charge in [0.05, 0.1) is 25.3 Å². The molecule has 1 fully saturated rings. The van der Waals surface area contributed by atoms with Crippen molar-refractivity contribution >= 4 is 11.7 Å². The number of nitrogens with zero attached hydrogens (tertiary/aromatic N) is 2. The van der Waals surface area contributed by atoms with Gasteiger partial charge in [0.15, 0.2) is 11.6 Å². The Hall–Kier alpha value is -2.71. The molecule has 2 atom stereocenters. The van der Waals surface area contributed by atoms with E-state index in [4.69, 9.17) is 9.47 Å². The van der Waals surface area contributed by atoms with Crippen LogP contribution < -0.4 is 15.0 Å². The van der Waals surface area contributed by atoms with Gasteiger partial charge in [0.25, 0.3) is 5.91 Å². The zero-order valence-corrected chi connectivity index (χ0v) is 16.2. The zero-order valence-electron chi connectivity index (χ0n) is 16.2. The van der Waals surface area contributed by atoms with Gasteiger partial charge in [0, 0.05) is 25.6 Å². The fourth-order valence-corrected chi connectivity index (χ4v) is 3.58. The average molecular weight is 401 g/mol. The SMILES string of the molecule is CN1CCOc2c(Cc3ccc(F)cc3)cc(C(=O)NC3CCOCC3O)nc21. The van der Waals surface area contributed by atoms with Crippen LogP contribution in [-0.2, 0) is 11.2 Å². The standard InChI is InChI=1S/C21H24FN3O4/c1-25-7-9-29-19-14(10-13-2-4-15(22)5-3-13)11-17(23-20(19)25)21(27)24-16-6-8-28-12-18(16)26/h2-5,11,16,18,26H,6-10,12H2,1H3,(H,24,27). The number of nitrogens with one attached hydrogen (secondary N) is 1. The van der Waals surface area contributed by atoms with E-state index in [1.807, 2.05) is 11.9 Å². The first-order valence-corrected chi connectivity index (χ1v) is 9.70. The first-order valence-electron chi connectivity index (χ1n) is 9.70. The van der Waals surface area contributed by atoms with Crippen LogP contribution in [-0.4, -0.2) is 61.6 Å². The van der Waals surface area contributed by atoms with E-state index in [1.54, 1.807) is 18.2 Å². The Balaban J connectivity index is 1.64. The van der Waals surface area contributed by atoms with Gasteiger partial charge in [-0.1, -0.05) is 12.1 Å². The van der Waals surface area contributed by atoms with Crippen molar-refractivity contribution in [1.82, 2.24) is 10.3 Å². The van der Waals surface area contributed by atoms with Crippen molar-refractivity contribution in [2.75, 3.05) is 38.3 Å². The van der Waals surface area contributed by atoms with E-state index in [9.17, 15) is 14.3 Å². The number of fused-ring (bicyclic) bond motifs is 1. The van der Waals surface area contributed by atoms with Gasteiger partial charge < -0.3 is 24.8 Å². The minimum Gasteiger partial charge on any atom is -0.488 e. The highest BCUT2D eigenvalue weighted by Crippen LogP contribution is 2.34. The minimum absolute atomic E-state index is 0.203. The van der Waals surface area contributed by atoms with Crippen LogP contribution in [0.25, 0.3) is 0 Å². The Morgan fingerprint density at radius 3 is 2.90 bits per heavy atom. The quantitative estimate of drug-likeness (QED) is 0.808. The summed E-state index contributed by atoms with van der Waals surface area (Å²) >= 11 is 0. The maximum Gasteiger partial charge on any atom is 0.270 e. The van der Waals surface area contributed by atoms with Gasteiger partial charge in [-0.25, -0.2) is 9.37 Å². The first kappa shape index (κ1) is 19.6. The number of likely N-dealkylation sites (N-methyl/N-ethyl adjacent to an activating group) is 1. The molecular weight excluding hydrogens is 377 g/mol. The van der Waals surface area contributed by atoms with Crippen LogP contribution >= 0.6 is 0 Å². The normalized spacial score (nSPS) is 21.3. The molecule has 8 heteroatoms. The molecule has 2 aliphatic rings. The van der Waals surface area contributed by atoms with Crippen molar-refractivity contribution in [3.63, 3.8) is 0 Å². The van der Waals surface area contributed by atoms with Crippen LogP contribution in [0.1, 0.15) is 28.0 Å². The van der Waals surface area contributed by atoms with Crippen molar-refractivity contribution in [1.29, 1.82) is 0 Å². The lowest BCUT2D eigenvalue weighted by Crippen LogP contribution is -2.49. The van der Waals surface area contributed by atoms with Crippen molar-refractivity contribution in [2.45, 2.75) is 25.0 Å². The highest BCUT2D eigenvalue weighted by Gasteiger charge is 2.28. The summed E-state index contributed by atoms with van der Waals surface area (Å²) in [5, 5.41) is 12.9. The number of aliphatic hydroxyl groups excluding tert-OH is 1. The monoisotopic (exact) mass is 401 g/mol. The minimum atomic E-state index is -0.741. The van der Waals surface area contributed by atoms with E-state index in [0.29, 0.717) is 44.2 Å². The van der Waals surface area contributed by atoms with Gasteiger partial charge in [0.2, 0.25) is 0 Å². The largest absolute Gasteiger partial charge is 0.488 e. The van der Waals surface area contributed by atoms with Crippen LogP contribution in [0, 0.1) is 5.82 Å². The number of carbonyl (C=O) groups excluding carboxylic acids is 1. The number of hydrogen-bond donors (Lipinski definition) is 2. The second-order valence-electron chi connectivity index (χ2n) is 7.40. The number of ether oxygens (including phenoxy) is 2. The predicted molar refractivity (Wildman–Crippen MR) is 105 cm³/mol. The Bertz CT molecular complexity index is 890. The number of hydrogen-bond acceptors (Lipinski definition) is 6. The topological polar surface area (TPSA) is 83.9 Å². The third-order valence-electron chi connectivity index (χ3n) is 5.25. The molecule has 3 heterocycles. The summed E-state index contributed by atoms with van der Waals surface area (Å²) in [5.41, 5.74) is 1.98. The molecule has 0 saturated carbocycles. The zero-order chi connectivity index (χ0) is 20.4. The number of benzene rings is 1. The van der Waals surface area contributed by atoms with E-state index < -0.39 is 6.10 Å². The molecule has 2 aromatic rings. The summed E-state index contributed by atoms with van der Waals surface area (Å²) in [6, 6.07) is 7.59. The molecule has 1 aromatic heterocycles. The predicted octanol–water partition coefficient (Wildman–Crippen LogP) is 1.52. The van der Waals surface area contributed by atoms with E-state index in [0.717, 1.165) is 11.1 Å². The summed E-state index contributed by atoms with van der Waals surface area (Å²) in [5.74, 6) is 0.605. The van der Waals surface area contributed by atoms with Crippen molar-refractivity contribution in [3.8, 4) is 5.75 Å². The lowest BCUT2D eigenvalue weighted by atomic mass is 10.0. The summed E-state index contributed by atoms with van der Waals surface area (Å²) in [6.45, 7) is 1.89. The highest BCUT2D eigenvalue weighted by atomic mass is 19.1. The lowest BCUT2D eigenvalue weighted by Gasteiger charge is -2.30. The number of aromatic nitrogens is 1. The number of halogens is 1. The number of aliphatic hydroxyl groups is 1. The molecule has 0 aliphatic carbocycles. The number of rotatable bonds is 4. The highest BCUT2D eigenvalue weighted by molar-refractivity contribution is 5.93. The van der Waals surface area contributed by atoms with Crippen LogP contribution in [0.5, 0.6) is 5.75 Å². The molecule has 1 saturated heterocycles. The van der Waals surface area contributed by atoms with Crippen LogP contribution in [0.2, 0.25) is 0 Å². The van der Waals surface area contributed by atoms with Gasteiger partial charge in [-0.2, -0.15) is 0 Å². The van der Waals surface area contributed by atoms with E-state index in [2.05, 4.69) is 10.3 Å². The molecule has 1 amide bonds. The van der Waals surface area contributed by atoms with Crippen molar-refractivity contribution in [2.24, 2.45) is 0 Å². The molecule has 29 heavy (non-hydrogen) atoms. The Labute approximate surface area is 168 Å². The number of pyridine rings is 1. The Morgan fingerprint density at radius 1 is 1.34 bits per heavy atom. The smallest absolute Gasteiger partial charge is 0.270 e. The van der Waals surface area contributed by atoms with Gasteiger partial charge in [-0.15, -0.1) is 0 Å². The van der Waals surface area contributed by atoms with Crippen molar-refractivity contribution < 1.29 is 23.8 Å². The maximum atomic E-state index is 13.3. The molecule has 2 unspecified atom stereocenters. The number of anilines is 1. The van der Waals surface area contributed by atoms with Gasteiger partial charge in [0.1, 0.15) is 18.1 Å². The Morgan fingerprint density at radius 2 is 2.14 bits per heavy atom. The van der Waals surface area contributed by atoms with Gasteiger partial charge in [-0.05, 0) is 30.2 Å². The molecular formula is C21H24FN3O4. The second-order valence-corrected chi connectivity index (χ2v) is 7.40. The van der Waals surface area contributed by atoms with E-state index in [1.165, 1.54) is 12.1 Å². The molecule has 1 aromatic carbocycles. The molecule has 2 aliphatic heterocycles. The van der Waals surface area contributed by atoms with Gasteiger partial charge >= 0.3 is 0 Å². The fourth-order valence-electron chi connectivity index (χ4n) is 3.58. The number of carbonyl (C=O) groups is 1. The summed E-state index contributed by atoms with van der Waals surface area (Å²) in [4.78, 5) is 19.3. The maximum absolute atomic E-state index is 13.3. The third kappa shape index (κ3) is 4.33. The molecule has 0 spiro atoms. The number of amides is 1. The first-order chi connectivity index (χ1) is 14.0. The van der Waals surface area contributed by atoms with Crippen LogP contribution in [0.15, 0.2) is 30.3 Å². The molecule has 7 nitrogen and oxygen atoms in total. The molecule has 154 valence electrons. The Kier molecular flexibility index (Phi) is 5.64. The molecule has 4 rings (SSSR count). The molecule has 0 bridgehead atoms.